The number of hydrogen-bond donors (Lipinski definition) is 0. The molecule has 0 radical (unpaired) electrons. The van der Waals surface area contributed by atoms with E-state index in [2.05, 4.69) is 4.98 Å². The topological polar surface area (TPSA) is 22.1 Å². The van der Waals surface area contributed by atoms with Gasteiger partial charge in [-0.3, -0.25) is 4.98 Å². The second-order valence-corrected chi connectivity index (χ2v) is 3.07. The second-order valence-electron chi connectivity index (χ2n) is 3.07. The molecule has 1 aromatic carbocycles. The molecular weight excluding hydrogens is 193 g/mol. The van der Waals surface area contributed by atoms with E-state index in [1.807, 2.05) is 12.1 Å². The standard InChI is InChI=1S/C12H10FNO/c13-11-3-1-2-4-12(11)15-9-10-5-7-14-8-6-10/h1-8H,9H2. The first-order valence-electron chi connectivity index (χ1n) is 4.62. The lowest BCUT2D eigenvalue weighted by molar-refractivity contribution is 0.290. The van der Waals surface area contributed by atoms with E-state index in [0.717, 1.165) is 5.56 Å². The van der Waals surface area contributed by atoms with Gasteiger partial charge in [0.05, 0.1) is 0 Å². The number of pyridine rings is 1. The molecule has 3 heteroatoms. The molecule has 0 saturated heterocycles. The first kappa shape index (κ1) is 9.65. The van der Waals surface area contributed by atoms with Gasteiger partial charge in [-0.05, 0) is 29.8 Å². The smallest absolute Gasteiger partial charge is 0.165 e. The molecule has 0 aliphatic carbocycles. The maximum atomic E-state index is 13.2. The van der Waals surface area contributed by atoms with E-state index >= 15 is 0 Å². The van der Waals surface area contributed by atoms with Crippen LogP contribution in [0.2, 0.25) is 0 Å². The highest BCUT2D eigenvalue weighted by molar-refractivity contribution is 5.24. The van der Waals surface area contributed by atoms with Crippen LogP contribution in [0.5, 0.6) is 5.75 Å². The van der Waals surface area contributed by atoms with E-state index in [9.17, 15) is 4.39 Å². The Morgan fingerprint density at radius 3 is 2.53 bits per heavy atom. The van der Waals surface area contributed by atoms with Crippen molar-refractivity contribution in [2.75, 3.05) is 0 Å². The molecular formula is C12H10FNO. The number of benzene rings is 1. The number of aromatic nitrogens is 1. The lowest BCUT2D eigenvalue weighted by Gasteiger charge is -2.06. The van der Waals surface area contributed by atoms with Crippen LogP contribution in [0.4, 0.5) is 4.39 Å². The summed E-state index contributed by atoms with van der Waals surface area (Å²) in [6.45, 7) is 0.351. The van der Waals surface area contributed by atoms with Crippen molar-refractivity contribution in [2.45, 2.75) is 6.61 Å². The van der Waals surface area contributed by atoms with Crippen LogP contribution in [0, 0.1) is 5.82 Å². The summed E-state index contributed by atoms with van der Waals surface area (Å²) in [6.07, 6.45) is 3.36. The van der Waals surface area contributed by atoms with Crippen LogP contribution < -0.4 is 4.74 Å². The van der Waals surface area contributed by atoms with Gasteiger partial charge in [0, 0.05) is 12.4 Å². The first-order valence-corrected chi connectivity index (χ1v) is 4.62. The van der Waals surface area contributed by atoms with Gasteiger partial charge in [0.1, 0.15) is 6.61 Å². The molecule has 0 N–H and O–H groups in total. The average Bonchev–Trinajstić information content (AvgIpc) is 2.29. The Hall–Kier alpha value is -1.90. The van der Waals surface area contributed by atoms with Gasteiger partial charge < -0.3 is 4.74 Å². The molecule has 1 aromatic heterocycles. The molecule has 0 amide bonds. The highest BCUT2D eigenvalue weighted by atomic mass is 19.1. The summed E-state index contributed by atoms with van der Waals surface area (Å²) in [5.41, 5.74) is 0.966. The van der Waals surface area contributed by atoms with Gasteiger partial charge in [0.25, 0.3) is 0 Å². The zero-order valence-corrected chi connectivity index (χ0v) is 8.06. The number of nitrogens with zero attached hydrogens (tertiary/aromatic N) is 1. The molecule has 0 bridgehead atoms. The van der Waals surface area contributed by atoms with E-state index < -0.39 is 0 Å². The summed E-state index contributed by atoms with van der Waals surface area (Å²) >= 11 is 0. The number of para-hydroxylation sites is 1. The Morgan fingerprint density at radius 1 is 1.07 bits per heavy atom. The summed E-state index contributed by atoms with van der Waals surface area (Å²) in [7, 11) is 0. The van der Waals surface area contributed by atoms with Gasteiger partial charge in [-0.15, -0.1) is 0 Å². The minimum absolute atomic E-state index is 0.273. The summed E-state index contributed by atoms with van der Waals surface area (Å²) in [5, 5.41) is 0. The predicted octanol–water partition coefficient (Wildman–Crippen LogP) is 2.80. The SMILES string of the molecule is Fc1ccccc1OCc1ccncc1. The highest BCUT2D eigenvalue weighted by Gasteiger charge is 2.00. The third kappa shape index (κ3) is 2.53. The largest absolute Gasteiger partial charge is 0.486 e. The van der Waals surface area contributed by atoms with Crippen molar-refractivity contribution in [3.8, 4) is 5.75 Å². The van der Waals surface area contributed by atoms with Crippen LogP contribution in [-0.2, 0) is 6.61 Å². The Morgan fingerprint density at radius 2 is 1.80 bits per heavy atom. The molecule has 0 saturated carbocycles. The molecule has 0 unspecified atom stereocenters. The van der Waals surface area contributed by atoms with Crippen LogP contribution in [-0.4, -0.2) is 4.98 Å². The summed E-state index contributed by atoms with van der Waals surface area (Å²) in [5.74, 6) is -0.0686. The quantitative estimate of drug-likeness (QED) is 0.765. The number of halogens is 1. The molecule has 0 aliphatic rings. The van der Waals surface area contributed by atoms with Gasteiger partial charge in [-0.25, -0.2) is 4.39 Å². The molecule has 76 valence electrons. The molecule has 2 nitrogen and oxygen atoms in total. The second kappa shape index (κ2) is 4.55. The normalized spacial score (nSPS) is 9.93. The van der Waals surface area contributed by atoms with E-state index in [4.69, 9.17) is 4.74 Å². The summed E-state index contributed by atoms with van der Waals surface area (Å²) < 4.78 is 18.5. The lowest BCUT2D eigenvalue weighted by atomic mass is 10.3. The fraction of sp³-hybridized carbons (Fsp3) is 0.0833. The Balaban J connectivity index is 2.03. The van der Waals surface area contributed by atoms with Crippen LogP contribution in [0.3, 0.4) is 0 Å². The number of ether oxygens (including phenoxy) is 1. The number of hydrogen-bond acceptors (Lipinski definition) is 2. The maximum Gasteiger partial charge on any atom is 0.165 e. The zero-order valence-electron chi connectivity index (χ0n) is 8.06. The van der Waals surface area contributed by atoms with Crippen LogP contribution >= 0.6 is 0 Å². The Labute approximate surface area is 87.4 Å². The van der Waals surface area contributed by atoms with Crippen molar-refractivity contribution >= 4 is 0 Å². The van der Waals surface area contributed by atoms with Gasteiger partial charge in [-0.1, -0.05) is 12.1 Å². The highest BCUT2D eigenvalue weighted by Crippen LogP contribution is 2.16. The Bertz CT molecular complexity index is 431. The lowest BCUT2D eigenvalue weighted by Crippen LogP contribution is -1.96. The van der Waals surface area contributed by atoms with Crippen molar-refractivity contribution < 1.29 is 9.13 Å². The first-order chi connectivity index (χ1) is 7.36. The van der Waals surface area contributed by atoms with Gasteiger partial charge in [0.2, 0.25) is 0 Å². The van der Waals surface area contributed by atoms with Gasteiger partial charge in [0.15, 0.2) is 11.6 Å². The minimum Gasteiger partial charge on any atom is -0.486 e. The predicted molar refractivity (Wildman–Crippen MR) is 55.0 cm³/mol. The zero-order chi connectivity index (χ0) is 10.5. The summed E-state index contributed by atoms with van der Waals surface area (Å²) in [4.78, 5) is 3.89. The van der Waals surface area contributed by atoms with Crippen molar-refractivity contribution in [1.29, 1.82) is 0 Å². The van der Waals surface area contributed by atoms with E-state index in [1.54, 1.807) is 30.6 Å². The van der Waals surface area contributed by atoms with E-state index in [-0.39, 0.29) is 11.6 Å². The monoisotopic (exact) mass is 203 g/mol. The molecule has 0 spiro atoms. The minimum atomic E-state index is -0.341. The molecule has 0 atom stereocenters. The Kier molecular flexibility index (Phi) is 2.93. The molecule has 2 rings (SSSR count). The van der Waals surface area contributed by atoms with Gasteiger partial charge >= 0.3 is 0 Å². The van der Waals surface area contributed by atoms with Crippen molar-refractivity contribution in [2.24, 2.45) is 0 Å². The van der Waals surface area contributed by atoms with E-state index in [0.29, 0.717) is 6.61 Å². The summed E-state index contributed by atoms with van der Waals surface area (Å²) in [6, 6.07) is 10.0. The number of rotatable bonds is 3. The fourth-order valence-corrected chi connectivity index (χ4v) is 1.20. The fourth-order valence-electron chi connectivity index (χ4n) is 1.20. The van der Waals surface area contributed by atoms with Crippen molar-refractivity contribution in [3.05, 3.63) is 60.2 Å². The molecule has 0 fully saturated rings. The third-order valence-corrected chi connectivity index (χ3v) is 1.98. The van der Waals surface area contributed by atoms with Crippen molar-refractivity contribution in [1.82, 2.24) is 4.98 Å². The maximum absolute atomic E-state index is 13.2. The van der Waals surface area contributed by atoms with Crippen LogP contribution in [0.1, 0.15) is 5.56 Å². The van der Waals surface area contributed by atoms with Gasteiger partial charge in [-0.2, -0.15) is 0 Å². The molecule has 15 heavy (non-hydrogen) atoms. The van der Waals surface area contributed by atoms with E-state index in [1.165, 1.54) is 6.07 Å². The van der Waals surface area contributed by atoms with Crippen molar-refractivity contribution in [3.63, 3.8) is 0 Å². The average molecular weight is 203 g/mol. The van der Waals surface area contributed by atoms with Crippen LogP contribution in [0.15, 0.2) is 48.8 Å². The van der Waals surface area contributed by atoms with Crippen LogP contribution in [0.25, 0.3) is 0 Å². The third-order valence-electron chi connectivity index (χ3n) is 1.98. The molecule has 1 heterocycles. The molecule has 2 aromatic rings. The molecule has 0 aliphatic heterocycles.